The topological polar surface area (TPSA) is 107 Å². The van der Waals surface area contributed by atoms with Crippen molar-refractivity contribution in [1.82, 2.24) is 29.7 Å². The van der Waals surface area contributed by atoms with Crippen molar-refractivity contribution in [3.63, 3.8) is 0 Å². The number of para-hydroxylation sites is 1. The second-order valence-corrected chi connectivity index (χ2v) is 7.72. The lowest BCUT2D eigenvalue weighted by atomic mass is 10.1. The fourth-order valence-electron chi connectivity index (χ4n) is 3.24. The molecule has 8 nitrogen and oxygen atoms in total. The molecule has 2 aromatic heterocycles. The summed E-state index contributed by atoms with van der Waals surface area (Å²) in [6.07, 6.45) is 0.906. The van der Waals surface area contributed by atoms with Gasteiger partial charge in [-0.15, -0.1) is 10.2 Å². The van der Waals surface area contributed by atoms with Crippen LogP contribution in [-0.2, 0) is 18.7 Å². The molecule has 0 saturated carbocycles. The molecule has 4 rings (SSSR count). The molecule has 9 heteroatoms. The monoisotopic (exact) mass is 432 g/mol. The Morgan fingerprint density at radius 3 is 2.48 bits per heavy atom. The van der Waals surface area contributed by atoms with Gasteiger partial charge in [-0.1, -0.05) is 67.2 Å². The van der Waals surface area contributed by atoms with Gasteiger partial charge >= 0.3 is 0 Å². The van der Waals surface area contributed by atoms with E-state index in [4.69, 9.17) is 5.73 Å². The molecule has 4 aromatic rings. The third-order valence-electron chi connectivity index (χ3n) is 4.74. The highest BCUT2D eigenvalue weighted by Crippen LogP contribution is 2.26. The molecule has 3 N–H and O–H groups in total. The Hall–Kier alpha value is -3.46. The number of benzene rings is 2. The number of hydrogen-bond acceptors (Lipinski definition) is 8. The number of anilines is 3. The van der Waals surface area contributed by atoms with Gasteiger partial charge in [0, 0.05) is 17.8 Å². The van der Waals surface area contributed by atoms with E-state index in [0.29, 0.717) is 17.5 Å². The number of thioether (sulfide) groups is 1. The number of hydrogen-bond donors (Lipinski definition) is 2. The van der Waals surface area contributed by atoms with Crippen molar-refractivity contribution in [2.24, 2.45) is 0 Å². The van der Waals surface area contributed by atoms with Crippen LogP contribution in [0, 0.1) is 0 Å². The van der Waals surface area contributed by atoms with Crippen molar-refractivity contribution >= 4 is 29.3 Å². The number of nitrogen functional groups attached to an aromatic ring is 1. The first kappa shape index (κ1) is 20.8. The van der Waals surface area contributed by atoms with Crippen LogP contribution in [0.15, 0.2) is 59.8 Å². The molecular formula is C22H24N8S. The summed E-state index contributed by atoms with van der Waals surface area (Å²) >= 11 is 1.52. The molecule has 31 heavy (non-hydrogen) atoms. The number of aryl methyl sites for hydroxylation is 1. The third-order valence-corrected chi connectivity index (χ3v) is 5.70. The van der Waals surface area contributed by atoms with Crippen LogP contribution in [0.4, 0.5) is 17.6 Å². The Kier molecular flexibility index (Phi) is 6.42. The van der Waals surface area contributed by atoms with E-state index in [0.717, 1.165) is 35.2 Å². The minimum absolute atomic E-state index is 0.184. The van der Waals surface area contributed by atoms with Crippen molar-refractivity contribution in [3.8, 4) is 11.4 Å². The first-order valence-corrected chi connectivity index (χ1v) is 11.1. The first-order valence-electron chi connectivity index (χ1n) is 10.1. The highest BCUT2D eigenvalue weighted by molar-refractivity contribution is 7.98. The minimum atomic E-state index is 0.184. The van der Waals surface area contributed by atoms with Gasteiger partial charge in [-0.2, -0.15) is 15.0 Å². The Balaban J connectivity index is 1.52. The Labute approximate surface area is 185 Å². The zero-order valence-electron chi connectivity index (χ0n) is 17.5. The Bertz CT molecular complexity index is 1160. The van der Waals surface area contributed by atoms with Crippen LogP contribution in [-0.4, -0.2) is 29.7 Å². The number of nitrogens with one attached hydrogen (secondary N) is 1. The fourth-order valence-corrected chi connectivity index (χ4v) is 4.10. The summed E-state index contributed by atoms with van der Waals surface area (Å²) in [5.41, 5.74) is 9.13. The Morgan fingerprint density at radius 2 is 1.71 bits per heavy atom. The molecule has 0 spiro atoms. The second-order valence-electron chi connectivity index (χ2n) is 6.77. The van der Waals surface area contributed by atoms with Crippen molar-refractivity contribution in [1.29, 1.82) is 0 Å². The quantitative estimate of drug-likeness (QED) is 0.396. The lowest BCUT2D eigenvalue weighted by Gasteiger charge is -2.11. The van der Waals surface area contributed by atoms with Crippen LogP contribution < -0.4 is 11.1 Å². The molecule has 158 valence electrons. The van der Waals surface area contributed by atoms with Crippen LogP contribution in [0.5, 0.6) is 0 Å². The third kappa shape index (κ3) is 4.83. The smallest absolute Gasteiger partial charge is 0.232 e. The molecule has 0 aliphatic rings. The zero-order chi connectivity index (χ0) is 21.6. The summed E-state index contributed by atoms with van der Waals surface area (Å²) in [6.45, 7) is 4.95. The van der Waals surface area contributed by atoms with Gasteiger partial charge in [0.25, 0.3) is 0 Å². The highest BCUT2D eigenvalue weighted by Gasteiger charge is 2.14. The maximum atomic E-state index is 5.94. The van der Waals surface area contributed by atoms with Gasteiger partial charge in [-0.3, -0.25) is 0 Å². The van der Waals surface area contributed by atoms with E-state index >= 15 is 0 Å². The van der Waals surface area contributed by atoms with Gasteiger partial charge in [-0.05, 0) is 25.0 Å². The summed E-state index contributed by atoms with van der Waals surface area (Å²) in [6, 6.07) is 18.1. The summed E-state index contributed by atoms with van der Waals surface area (Å²) in [4.78, 5) is 13.1. The van der Waals surface area contributed by atoms with Gasteiger partial charge in [0.2, 0.25) is 11.9 Å². The van der Waals surface area contributed by atoms with E-state index in [-0.39, 0.29) is 5.95 Å². The second kappa shape index (κ2) is 9.57. The molecule has 0 radical (unpaired) electrons. The lowest BCUT2D eigenvalue weighted by Crippen LogP contribution is -2.07. The van der Waals surface area contributed by atoms with Gasteiger partial charge in [0.05, 0.1) is 5.75 Å². The van der Waals surface area contributed by atoms with Crippen molar-refractivity contribution < 1.29 is 0 Å². The number of nitrogens with two attached hydrogens (primary N) is 1. The van der Waals surface area contributed by atoms with E-state index < -0.39 is 0 Å². The predicted octanol–water partition coefficient (Wildman–Crippen LogP) is 4.33. The van der Waals surface area contributed by atoms with Crippen molar-refractivity contribution in [2.45, 2.75) is 37.7 Å². The SMILES string of the molecule is CCc1ccccc1Nc1nc(N)nc(CSc2nnc(-c3ccccc3)n2CC)n1. The van der Waals surface area contributed by atoms with Crippen LogP contribution in [0.2, 0.25) is 0 Å². The van der Waals surface area contributed by atoms with E-state index in [1.54, 1.807) is 0 Å². The van der Waals surface area contributed by atoms with Gasteiger partial charge in [-0.25, -0.2) is 0 Å². The number of aromatic nitrogens is 6. The maximum absolute atomic E-state index is 5.94. The van der Waals surface area contributed by atoms with E-state index in [9.17, 15) is 0 Å². The summed E-state index contributed by atoms with van der Waals surface area (Å²) in [5, 5.41) is 12.8. The van der Waals surface area contributed by atoms with Crippen molar-refractivity contribution in [2.75, 3.05) is 11.1 Å². The molecule has 0 aliphatic heterocycles. The molecule has 2 aromatic carbocycles. The molecule has 0 atom stereocenters. The van der Waals surface area contributed by atoms with Gasteiger partial charge in [0.1, 0.15) is 5.82 Å². The highest BCUT2D eigenvalue weighted by atomic mass is 32.2. The van der Waals surface area contributed by atoms with Gasteiger partial charge < -0.3 is 15.6 Å². The average molecular weight is 433 g/mol. The maximum Gasteiger partial charge on any atom is 0.232 e. The molecule has 2 heterocycles. The molecule has 0 saturated heterocycles. The van der Waals surface area contributed by atoms with Crippen LogP contribution in [0.3, 0.4) is 0 Å². The number of nitrogens with zero attached hydrogens (tertiary/aromatic N) is 6. The first-order chi connectivity index (χ1) is 15.2. The molecule has 0 unspecified atom stereocenters. The summed E-state index contributed by atoms with van der Waals surface area (Å²) < 4.78 is 2.08. The fraction of sp³-hybridized carbons (Fsp3) is 0.227. The summed E-state index contributed by atoms with van der Waals surface area (Å²) in [7, 11) is 0. The molecule has 0 amide bonds. The standard InChI is InChI=1S/C22H24N8S/c1-3-15-10-8-9-13-17(15)24-21-26-18(25-20(23)27-21)14-31-22-29-28-19(30(22)4-2)16-11-6-5-7-12-16/h5-13H,3-4,14H2,1-2H3,(H3,23,24,25,26,27). The van der Waals surface area contributed by atoms with Crippen molar-refractivity contribution in [3.05, 3.63) is 66.0 Å². The molecule has 0 bridgehead atoms. The number of rotatable bonds is 8. The minimum Gasteiger partial charge on any atom is -0.368 e. The summed E-state index contributed by atoms with van der Waals surface area (Å²) in [5.74, 6) is 2.55. The normalized spacial score (nSPS) is 10.9. The largest absolute Gasteiger partial charge is 0.368 e. The molecular weight excluding hydrogens is 408 g/mol. The van der Waals surface area contributed by atoms with Gasteiger partial charge in [0.15, 0.2) is 11.0 Å². The Morgan fingerprint density at radius 1 is 0.935 bits per heavy atom. The van der Waals surface area contributed by atoms with E-state index in [1.807, 2.05) is 48.5 Å². The van der Waals surface area contributed by atoms with E-state index in [1.165, 1.54) is 17.3 Å². The molecule has 0 fully saturated rings. The van der Waals surface area contributed by atoms with E-state index in [2.05, 4.69) is 54.9 Å². The van der Waals surface area contributed by atoms with Crippen LogP contribution in [0.1, 0.15) is 25.2 Å². The molecule has 0 aliphatic carbocycles. The average Bonchev–Trinajstić information content (AvgIpc) is 3.21. The zero-order valence-corrected chi connectivity index (χ0v) is 18.3. The lowest BCUT2D eigenvalue weighted by molar-refractivity contribution is 0.687. The van der Waals surface area contributed by atoms with Crippen LogP contribution in [0.25, 0.3) is 11.4 Å². The van der Waals surface area contributed by atoms with Crippen LogP contribution >= 0.6 is 11.8 Å². The predicted molar refractivity (Wildman–Crippen MR) is 124 cm³/mol.